The van der Waals surface area contributed by atoms with Gasteiger partial charge in [-0.2, -0.15) is 0 Å². The second-order valence-corrected chi connectivity index (χ2v) is 5.74. The summed E-state index contributed by atoms with van der Waals surface area (Å²) in [6.07, 6.45) is 3.97. The average Bonchev–Trinajstić information content (AvgIpc) is 2.48. The minimum Gasteiger partial charge on any atom is -0.308 e. The summed E-state index contributed by atoms with van der Waals surface area (Å²) < 4.78 is 0. The Hall–Kier alpha value is -1.71. The molecule has 2 rings (SSSR count). The van der Waals surface area contributed by atoms with Gasteiger partial charge in [0.15, 0.2) is 5.78 Å². The van der Waals surface area contributed by atoms with Gasteiger partial charge in [-0.3, -0.25) is 9.69 Å². The van der Waals surface area contributed by atoms with Crippen LogP contribution in [0.5, 0.6) is 0 Å². The van der Waals surface area contributed by atoms with Gasteiger partial charge >= 0.3 is 0 Å². The molecule has 0 aliphatic carbocycles. The maximum Gasteiger partial charge on any atom is 0.187 e. The van der Waals surface area contributed by atoms with E-state index in [-0.39, 0.29) is 5.78 Å². The normalized spacial score (nSPS) is 20.7. The summed E-state index contributed by atoms with van der Waals surface area (Å²) in [5.41, 5.74) is 2.88. The van der Waals surface area contributed by atoms with E-state index in [1.54, 1.807) is 0 Å². The quantitative estimate of drug-likeness (QED) is 0.794. The molecule has 1 aromatic rings. The van der Waals surface area contributed by atoms with Gasteiger partial charge in [0.25, 0.3) is 0 Å². The van der Waals surface area contributed by atoms with Gasteiger partial charge in [-0.05, 0) is 32.7 Å². The van der Waals surface area contributed by atoms with Crippen molar-refractivity contribution in [3.63, 3.8) is 0 Å². The maximum atomic E-state index is 12.5. The van der Waals surface area contributed by atoms with Crippen molar-refractivity contribution in [1.82, 2.24) is 9.80 Å². The Kier molecular flexibility index (Phi) is 5.48. The number of allylic oxidation sites excluding steroid dienone is 1. The van der Waals surface area contributed by atoms with E-state index in [4.69, 9.17) is 0 Å². The number of Topliss-reactive ketones (excluding diaryl/α,β-unsaturated/α-hetero) is 1. The third-order valence-corrected chi connectivity index (χ3v) is 3.72. The Morgan fingerprint density at radius 3 is 2.43 bits per heavy atom. The second-order valence-electron chi connectivity index (χ2n) is 5.74. The highest BCUT2D eigenvalue weighted by atomic mass is 16.1. The Morgan fingerprint density at radius 1 is 1.14 bits per heavy atom. The molecular formula is C18H24N2O. The molecule has 0 unspecified atom stereocenters. The van der Waals surface area contributed by atoms with Gasteiger partial charge in [0, 0.05) is 37.3 Å². The second kappa shape index (κ2) is 7.34. The van der Waals surface area contributed by atoms with Crippen LogP contribution in [0.4, 0.5) is 0 Å². The zero-order chi connectivity index (χ0) is 15.2. The largest absolute Gasteiger partial charge is 0.308 e. The van der Waals surface area contributed by atoms with Gasteiger partial charge in [0.05, 0.1) is 0 Å². The van der Waals surface area contributed by atoms with Crippen LogP contribution in [0.15, 0.2) is 47.6 Å². The van der Waals surface area contributed by atoms with E-state index in [0.717, 1.165) is 42.9 Å². The summed E-state index contributed by atoms with van der Waals surface area (Å²) in [5.74, 6) is 0.197. The lowest BCUT2D eigenvalue weighted by atomic mass is 9.95. The molecule has 0 spiro atoms. The Bertz CT molecular complexity index is 544. The number of likely N-dealkylation sites (tertiary alicyclic amines) is 1. The molecule has 0 atom stereocenters. The average molecular weight is 284 g/mol. The molecule has 1 fully saturated rings. The van der Waals surface area contributed by atoms with Crippen molar-refractivity contribution < 1.29 is 4.79 Å². The maximum absolute atomic E-state index is 12.5. The predicted molar refractivity (Wildman–Crippen MR) is 88.2 cm³/mol. The van der Waals surface area contributed by atoms with Crippen LogP contribution in [0.2, 0.25) is 0 Å². The molecule has 3 nitrogen and oxygen atoms in total. The van der Waals surface area contributed by atoms with Crippen LogP contribution in [-0.4, -0.2) is 55.9 Å². The SMILES string of the molecule is C/C=C1\CN(CCN(C)C)C/C(=C\c2ccccc2)C1=O. The molecule has 0 bridgehead atoms. The number of likely N-dealkylation sites (N-methyl/N-ethyl adjacent to an activating group) is 1. The highest BCUT2D eigenvalue weighted by Crippen LogP contribution is 2.19. The zero-order valence-electron chi connectivity index (χ0n) is 13.2. The minimum absolute atomic E-state index is 0.197. The van der Waals surface area contributed by atoms with Crippen LogP contribution in [-0.2, 0) is 4.79 Å². The lowest BCUT2D eigenvalue weighted by Crippen LogP contribution is -2.41. The first-order valence-electron chi connectivity index (χ1n) is 7.42. The fourth-order valence-corrected chi connectivity index (χ4v) is 2.47. The van der Waals surface area contributed by atoms with Gasteiger partial charge < -0.3 is 4.90 Å². The molecule has 3 heteroatoms. The smallest absolute Gasteiger partial charge is 0.187 e. The van der Waals surface area contributed by atoms with Crippen molar-refractivity contribution in [3.05, 3.63) is 53.1 Å². The zero-order valence-corrected chi connectivity index (χ0v) is 13.2. The van der Waals surface area contributed by atoms with Gasteiger partial charge in [-0.15, -0.1) is 0 Å². The molecule has 21 heavy (non-hydrogen) atoms. The molecule has 0 radical (unpaired) electrons. The number of nitrogens with zero attached hydrogens (tertiary/aromatic N) is 2. The number of carbonyl (C=O) groups excluding carboxylic acids is 1. The molecular weight excluding hydrogens is 260 g/mol. The molecule has 0 aromatic heterocycles. The highest BCUT2D eigenvalue weighted by molar-refractivity contribution is 6.12. The molecule has 1 aliphatic rings. The summed E-state index contributed by atoms with van der Waals surface area (Å²) in [6.45, 7) is 5.42. The van der Waals surface area contributed by atoms with Crippen LogP contribution in [0.25, 0.3) is 6.08 Å². The fraction of sp³-hybridized carbons (Fsp3) is 0.389. The molecule has 0 saturated carbocycles. The fourth-order valence-electron chi connectivity index (χ4n) is 2.47. The third kappa shape index (κ3) is 4.38. The molecule has 112 valence electrons. The third-order valence-electron chi connectivity index (χ3n) is 3.72. The van der Waals surface area contributed by atoms with E-state index in [0.29, 0.717) is 0 Å². The van der Waals surface area contributed by atoms with Crippen molar-refractivity contribution in [2.45, 2.75) is 6.92 Å². The lowest BCUT2D eigenvalue weighted by molar-refractivity contribution is -0.113. The number of carbonyl (C=O) groups is 1. The summed E-state index contributed by atoms with van der Waals surface area (Å²) in [5, 5.41) is 0. The van der Waals surface area contributed by atoms with E-state index >= 15 is 0 Å². The number of ketones is 1. The van der Waals surface area contributed by atoms with Crippen molar-refractivity contribution in [3.8, 4) is 0 Å². The monoisotopic (exact) mass is 284 g/mol. The first-order valence-corrected chi connectivity index (χ1v) is 7.42. The summed E-state index contributed by atoms with van der Waals surface area (Å²) in [7, 11) is 4.15. The summed E-state index contributed by atoms with van der Waals surface area (Å²) in [6, 6.07) is 10.1. The first-order chi connectivity index (χ1) is 10.1. The molecule has 1 aliphatic heterocycles. The highest BCUT2D eigenvalue weighted by Gasteiger charge is 2.25. The van der Waals surface area contributed by atoms with Crippen LogP contribution in [0, 0.1) is 0 Å². The van der Waals surface area contributed by atoms with Crippen LogP contribution in [0.3, 0.4) is 0 Å². The van der Waals surface area contributed by atoms with Crippen LogP contribution >= 0.6 is 0 Å². The first kappa shape index (κ1) is 15.7. The molecule has 0 amide bonds. The van der Waals surface area contributed by atoms with Gasteiger partial charge in [-0.25, -0.2) is 0 Å². The van der Waals surface area contributed by atoms with Crippen molar-refractivity contribution >= 4 is 11.9 Å². The summed E-state index contributed by atoms with van der Waals surface area (Å²) >= 11 is 0. The van der Waals surface area contributed by atoms with E-state index < -0.39 is 0 Å². The number of rotatable bonds is 4. The van der Waals surface area contributed by atoms with E-state index in [9.17, 15) is 4.79 Å². The van der Waals surface area contributed by atoms with E-state index in [2.05, 4.69) is 23.9 Å². The molecule has 0 N–H and O–H groups in total. The Morgan fingerprint density at radius 2 is 1.81 bits per heavy atom. The topological polar surface area (TPSA) is 23.6 Å². The predicted octanol–water partition coefficient (Wildman–Crippen LogP) is 2.46. The standard InChI is InChI=1S/C18H24N2O/c1-4-16-13-20(11-10-19(2)3)14-17(18(16)21)12-15-8-6-5-7-9-15/h4-9,12H,10-11,13-14H2,1-3H3/b16-4+,17-12+. The number of piperidine rings is 1. The number of hydrogen-bond donors (Lipinski definition) is 0. The van der Waals surface area contributed by atoms with Crippen LogP contribution < -0.4 is 0 Å². The van der Waals surface area contributed by atoms with Gasteiger partial charge in [-0.1, -0.05) is 36.4 Å². The number of benzene rings is 1. The minimum atomic E-state index is 0.197. The van der Waals surface area contributed by atoms with Gasteiger partial charge in [0.1, 0.15) is 0 Å². The van der Waals surface area contributed by atoms with Gasteiger partial charge in [0.2, 0.25) is 0 Å². The number of hydrogen-bond acceptors (Lipinski definition) is 3. The Labute approximate surface area is 127 Å². The van der Waals surface area contributed by atoms with E-state index in [1.165, 1.54) is 0 Å². The van der Waals surface area contributed by atoms with Crippen molar-refractivity contribution in [2.24, 2.45) is 0 Å². The molecule has 1 heterocycles. The van der Waals surface area contributed by atoms with E-state index in [1.807, 2.05) is 49.4 Å². The van der Waals surface area contributed by atoms with Crippen molar-refractivity contribution in [1.29, 1.82) is 0 Å². The molecule has 1 aromatic carbocycles. The van der Waals surface area contributed by atoms with Crippen molar-refractivity contribution in [2.75, 3.05) is 40.3 Å². The Balaban J connectivity index is 2.18. The van der Waals surface area contributed by atoms with Crippen LogP contribution in [0.1, 0.15) is 12.5 Å². The summed E-state index contributed by atoms with van der Waals surface area (Å²) in [4.78, 5) is 17.0. The lowest BCUT2D eigenvalue weighted by Gasteiger charge is -2.30. The molecule has 1 saturated heterocycles.